The van der Waals surface area contributed by atoms with Gasteiger partial charge in [-0.25, -0.2) is 0 Å². The predicted octanol–water partition coefficient (Wildman–Crippen LogP) is 1.67. The number of carbonyl (C=O) groups excluding carboxylic acids is 1. The van der Waals surface area contributed by atoms with Gasteiger partial charge in [-0.05, 0) is 25.8 Å². The average Bonchev–Trinajstić information content (AvgIpc) is 3.13. The summed E-state index contributed by atoms with van der Waals surface area (Å²) in [5.41, 5.74) is 0.581. The molecule has 6 nitrogen and oxygen atoms in total. The molecule has 1 saturated carbocycles. The van der Waals surface area contributed by atoms with Crippen molar-refractivity contribution in [1.29, 1.82) is 0 Å². The third kappa shape index (κ3) is 3.19. The second-order valence-corrected chi connectivity index (χ2v) is 4.46. The molecule has 0 heterocycles. The molecule has 1 aliphatic rings. The summed E-state index contributed by atoms with van der Waals surface area (Å²) in [6.45, 7) is 1.73. The fourth-order valence-electron chi connectivity index (χ4n) is 1.58. The van der Waals surface area contributed by atoms with Crippen LogP contribution in [0, 0.1) is 10.1 Å². The van der Waals surface area contributed by atoms with E-state index >= 15 is 0 Å². The van der Waals surface area contributed by atoms with Gasteiger partial charge in [0.25, 0.3) is 5.69 Å². The molecule has 1 fully saturated rings. The highest BCUT2D eigenvalue weighted by molar-refractivity contribution is 5.84. The van der Waals surface area contributed by atoms with E-state index < -0.39 is 11.0 Å². The maximum Gasteiger partial charge on any atom is 0.271 e. The van der Waals surface area contributed by atoms with Gasteiger partial charge in [-0.15, -0.1) is 0 Å². The van der Waals surface area contributed by atoms with Crippen LogP contribution in [0.15, 0.2) is 24.3 Å². The molecule has 0 radical (unpaired) electrons. The van der Waals surface area contributed by atoms with Gasteiger partial charge in [0.05, 0.1) is 4.92 Å². The monoisotopic (exact) mass is 249 g/mol. The summed E-state index contributed by atoms with van der Waals surface area (Å²) in [6, 6.07) is 6.03. The number of hydrogen-bond donors (Lipinski definition) is 2. The molecule has 1 aromatic carbocycles. The molecule has 0 spiro atoms. The van der Waals surface area contributed by atoms with Gasteiger partial charge in [-0.3, -0.25) is 14.9 Å². The average molecular weight is 249 g/mol. The van der Waals surface area contributed by atoms with Gasteiger partial charge >= 0.3 is 0 Å². The Bertz CT molecular complexity index is 471. The van der Waals surface area contributed by atoms with E-state index in [0.717, 1.165) is 12.8 Å². The van der Waals surface area contributed by atoms with Crippen LogP contribution in [0.3, 0.4) is 0 Å². The quantitative estimate of drug-likeness (QED) is 0.614. The van der Waals surface area contributed by atoms with Crippen molar-refractivity contribution in [2.24, 2.45) is 0 Å². The number of nitrogens with one attached hydrogen (secondary N) is 2. The molecule has 96 valence electrons. The second-order valence-electron chi connectivity index (χ2n) is 4.46. The van der Waals surface area contributed by atoms with E-state index in [0.29, 0.717) is 11.7 Å². The minimum absolute atomic E-state index is 0.00908. The molecular weight excluding hydrogens is 234 g/mol. The first-order valence-electron chi connectivity index (χ1n) is 5.87. The van der Waals surface area contributed by atoms with Crippen molar-refractivity contribution in [3.63, 3.8) is 0 Å². The van der Waals surface area contributed by atoms with Crippen molar-refractivity contribution in [1.82, 2.24) is 5.32 Å². The highest BCUT2D eigenvalue weighted by Crippen LogP contribution is 2.20. The predicted molar refractivity (Wildman–Crippen MR) is 67.3 cm³/mol. The second kappa shape index (κ2) is 5.03. The molecule has 1 aromatic rings. The number of anilines is 1. The zero-order chi connectivity index (χ0) is 13.1. The first kappa shape index (κ1) is 12.3. The number of hydrogen-bond acceptors (Lipinski definition) is 4. The van der Waals surface area contributed by atoms with Crippen molar-refractivity contribution < 1.29 is 9.72 Å². The van der Waals surface area contributed by atoms with Crippen LogP contribution >= 0.6 is 0 Å². The first-order valence-corrected chi connectivity index (χ1v) is 5.87. The van der Waals surface area contributed by atoms with Gasteiger partial charge in [-0.1, -0.05) is 6.07 Å². The summed E-state index contributed by atoms with van der Waals surface area (Å²) in [5.74, 6) is -0.0796. The number of nitrogens with zero attached hydrogens (tertiary/aromatic N) is 1. The molecule has 0 bridgehead atoms. The van der Waals surface area contributed by atoms with Crippen LogP contribution in [0.25, 0.3) is 0 Å². The first-order chi connectivity index (χ1) is 8.56. The number of amides is 1. The maximum atomic E-state index is 11.7. The summed E-state index contributed by atoms with van der Waals surface area (Å²) < 4.78 is 0. The van der Waals surface area contributed by atoms with E-state index in [-0.39, 0.29) is 11.6 Å². The van der Waals surface area contributed by atoms with Crippen molar-refractivity contribution in [3.8, 4) is 0 Å². The molecule has 0 aliphatic heterocycles. The Labute approximate surface area is 105 Å². The Morgan fingerprint density at radius 2 is 2.22 bits per heavy atom. The smallest absolute Gasteiger partial charge is 0.271 e. The van der Waals surface area contributed by atoms with Gasteiger partial charge < -0.3 is 10.6 Å². The van der Waals surface area contributed by atoms with Gasteiger partial charge in [0.15, 0.2) is 0 Å². The fraction of sp³-hybridized carbons (Fsp3) is 0.417. The molecular formula is C12H15N3O3. The van der Waals surface area contributed by atoms with Crippen molar-refractivity contribution in [3.05, 3.63) is 34.4 Å². The largest absolute Gasteiger partial charge is 0.374 e. The molecule has 0 saturated heterocycles. The summed E-state index contributed by atoms with van der Waals surface area (Å²) in [5, 5.41) is 16.5. The molecule has 6 heteroatoms. The van der Waals surface area contributed by atoms with Crippen LogP contribution in [0.1, 0.15) is 19.8 Å². The number of non-ortho nitro benzene ring substituents is 1. The highest BCUT2D eigenvalue weighted by Gasteiger charge is 2.25. The molecule has 1 aliphatic carbocycles. The zero-order valence-electron chi connectivity index (χ0n) is 10.1. The zero-order valence-corrected chi connectivity index (χ0v) is 10.1. The van der Waals surface area contributed by atoms with Gasteiger partial charge in [0.1, 0.15) is 6.04 Å². The Morgan fingerprint density at radius 1 is 1.50 bits per heavy atom. The van der Waals surface area contributed by atoms with Gasteiger partial charge in [0.2, 0.25) is 5.91 Å². The number of nitro benzene ring substituents is 1. The number of nitro groups is 1. The van der Waals surface area contributed by atoms with Crippen LogP contribution in [0.4, 0.5) is 11.4 Å². The molecule has 1 atom stereocenters. The van der Waals surface area contributed by atoms with Gasteiger partial charge in [-0.2, -0.15) is 0 Å². The van der Waals surface area contributed by atoms with Crippen LogP contribution in [0.5, 0.6) is 0 Å². The van der Waals surface area contributed by atoms with E-state index in [2.05, 4.69) is 10.6 Å². The number of benzene rings is 1. The maximum absolute atomic E-state index is 11.7. The van der Waals surface area contributed by atoms with Crippen molar-refractivity contribution in [2.75, 3.05) is 5.32 Å². The molecule has 0 unspecified atom stereocenters. The molecule has 2 N–H and O–H groups in total. The SMILES string of the molecule is C[C@@H](Nc1cccc([N+](=O)[O-])c1)C(=O)NC1CC1. The number of rotatable bonds is 5. The Kier molecular flexibility index (Phi) is 3.45. The molecule has 0 aromatic heterocycles. The van der Waals surface area contributed by atoms with Crippen LogP contribution in [-0.4, -0.2) is 22.9 Å². The summed E-state index contributed by atoms with van der Waals surface area (Å²) in [4.78, 5) is 21.9. The Hall–Kier alpha value is -2.11. The normalized spacial score (nSPS) is 15.8. The lowest BCUT2D eigenvalue weighted by atomic mass is 10.2. The topological polar surface area (TPSA) is 84.3 Å². The molecule has 2 rings (SSSR count). The van der Waals surface area contributed by atoms with Crippen LogP contribution in [0.2, 0.25) is 0 Å². The summed E-state index contributed by atoms with van der Waals surface area (Å²) in [7, 11) is 0. The lowest BCUT2D eigenvalue weighted by molar-refractivity contribution is -0.384. The van der Waals surface area contributed by atoms with E-state index in [1.165, 1.54) is 12.1 Å². The minimum atomic E-state index is -0.458. The Balaban J connectivity index is 1.96. The Morgan fingerprint density at radius 3 is 2.83 bits per heavy atom. The van der Waals surface area contributed by atoms with E-state index in [1.807, 2.05) is 0 Å². The fourth-order valence-corrected chi connectivity index (χ4v) is 1.58. The van der Waals surface area contributed by atoms with Crippen molar-refractivity contribution >= 4 is 17.3 Å². The number of carbonyl (C=O) groups is 1. The third-order valence-corrected chi connectivity index (χ3v) is 2.76. The van der Waals surface area contributed by atoms with Crippen LogP contribution < -0.4 is 10.6 Å². The van der Waals surface area contributed by atoms with Crippen molar-refractivity contribution in [2.45, 2.75) is 31.8 Å². The summed E-state index contributed by atoms with van der Waals surface area (Å²) in [6.07, 6.45) is 2.07. The molecule has 1 amide bonds. The third-order valence-electron chi connectivity index (χ3n) is 2.76. The van der Waals surface area contributed by atoms with E-state index in [1.54, 1.807) is 19.1 Å². The van der Waals surface area contributed by atoms with E-state index in [4.69, 9.17) is 0 Å². The standard InChI is InChI=1S/C12H15N3O3/c1-8(12(16)14-9-5-6-9)13-10-3-2-4-11(7-10)15(17)18/h2-4,7-9,13H,5-6H2,1H3,(H,14,16)/t8-/m1/s1. The van der Waals surface area contributed by atoms with Crippen LogP contribution in [-0.2, 0) is 4.79 Å². The van der Waals surface area contributed by atoms with Gasteiger partial charge in [0, 0.05) is 23.9 Å². The summed E-state index contributed by atoms with van der Waals surface area (Å²) >= 11 is 0. The lowest BCUT2D eigenvalue weighted by Crippen LogP contribution is -2.38. The lowest BCUT2D eigenvalue weighted by Gasteiger charge is -2.14. The minimum Gasteiger partial charge on any atom is -0.374 e. The highest BCUT2D eigenvalue weighted by atomic mass is 16.6. The van der Waals surface area contributed by atoms with E-state index in [9.17, 15) is 14.9 Å². The molecule has 18 heavy (non-hydrogen) atoms.